The minimum Gasteiger partial charge on any atom is -0.393 e. The van der Waals surface area contributed by atoms with E-state index >= 15 is 0 Å². The van der Waals surface area contributed by atoms with Crippen molar-refractivity contribution < 1.29 is 14.3 Å². The molecule has 0 aliphatic rings. The predicted molar refractivity (Wildman–Crippen MR) is 118 cm³/mol. The smallest absolute Gasteiger partial charge is 0.274 e. The highest BCUT2D eigenvalue weighted by molar-refractivity contribution is 6.04. The molecule has 0 bridgehead atoms. The lowest BCUT2D eigenvalue weighted by Gasteiger charge is -2.27. The van der Waals surface area contributed by atoms with E-state index < -0.39 is 17.8 Å². The average Bonchev–Trinajstić information content (AvgIpc) is 2.78. The molecule has 3 rings (SSSR count). The van der Waals surface area contributed by atoms with Gasteiger partial charge in [-0.1, -0.05) is 6.92 Å². The Labute approximate surface area is 181 Å². The fourth-order valence-electron chi connectivity index (χ4n) is 3.19. The molecule has 0 aliphatic heterocycles. The number of carbonyl (C=O) groups is 1. The average molecular weight is 423 g/mol. The van der Waals surface area contributed by atoms with Crippen molar-refractivity contribution in [3.8, 4) is 11.3 Å². The molecular weight excluding hydrogens is 397 g/mol. The zero-order chi connectivity index (χ0) is 22.2. The lowest BCUT2D eigenvalue weighted by Crippen LogP contribution is -2.29. The van der Waals surface area contributed by atoms with Gasteiger partial charge in [-0.25, -0.2) is 9.37 Å². The van der Waals surface area contributed by atoms with Gasteiger partial charge >= 0.3 is 0 Å². The lowest BCUT2D eigenvalue weighted by atomic mass is 10.1. The Hall–Kier alpha value is -3.39. The second-order valence-corrected chi connectivity index (χ2v) is 7.23. The van der Waals surface area contributed by atoms with Crippen molar-refractivity contribution in [1.29, 1.82) is 0 Å². The van der Waals surface area contributed by atoms with E-state index in [4.69, 9.17) is 0 Å². The van der Waals surface area contributed by atoms with Crippen molar-refractivity contribution >= 4 is 17.3 Å². The molecule has 0 saturated carbocycles. The van der Waals surface area contributed by atoms with Gasteiger partial charge in [0.1, 0.15) is 17.2 Å². The number of anilines is 2. The molecule has 3 heterocycles. The van der Waals surface area contributed by atoms with Gasteiger partial charge in [0.2, 0.25) is 0 Å². The number of carbonyl (C=O) groups excluding carboxylic acids is 1. The van der Waals surface area contributed by atoms with Crippen LogP contribution in [-0.4, -0.2) is 45.2 Å². The summed E-state index contributed by atoms with van der Waals surface area (Å²) >= 11 is 0. The molecule has 0 unspecified atom stereocenters. The molecule has 1 atom stereocenters. The number of nitrogens with zero attached hydrogens (tertiary/aromatic N) is 4. The van der Waals surface area contributed by atoms with E-state index in [0.717, 1.165) is 18.7 Å². The minimum absolute atomic E-state index is 0.0889. The number of hydrogen-bond acceptors (Lipinski definition) is 6. The number of aromatic nitrogens is 3. The molecule has 0 aliphatic carbocycles. The van der Waals surface area contributed by atoms with Crippen LogP contribution >= 0.6 is 0 Å². The Morgan fingerprint density at radius 3 is 2.58 bits per heavy atom. The fraction of sp³-hybridized carbons (Fsp3) is 0.304. The third kappa shape index (κ3) is 5.82. The molecule has 0 aromatic carbocycles. The normalized spacial score (nSPS) is 11.7. The first-order valence-corrected chi connectivity index (χ1v) is 10.2. The Kier molecular flexibility index (Phi) is 7.61. The van der Waals surface area contributed by atoms with Crippen LogP contribution < -0.4 is 10.2 Å². The van der Waals surface area contributed by atoms with Crippen molar-refractivity contribution in [2.45, 2.75) is 32.8 Å². The number of rotatable bonds is 9. The summed E-state index contributed by atoms with van der Waals surface area (Å²) in [4.78, 5) is 27.3. The quantitative estimate of drug-likeness (QED) is 0.542. The number of pyridine rings is 3. The Morgan fingerprint density at radius 1 is 1.13 bits per heavy atom. The number of hydrogen-bond donors (Lipinski definition) is 2. The van der Waals surface area contributed by atoms with Gasteiger partial charge in [0.25, 0.3) is 5.91 Å². The number of aliphatic hydroxyl groups is 1. The second kappa shape index (κ2) is 10.6. The van der Waals surface area contributed by atoms with Gasteiger partial charge in [-0.05, 0) is 50.1 Å². The van der Waals surface area contributed by atoms with E-state index in [0.29, 0.717) is 24.2 Å². The van der Waals surface area contributed by atoms with E-state index in [9.17, 15) is 14.3 Å². The highest BCUT2D eigenvalue weighted by Crippen LogP contribution is 2.26. The molecule has 8 heteroatoms. The van der Waals surface area contributed by atoms with E-state index in [1.165, 1.54) is 12.1 Å². The monoisotopic (exact) mass is 423 g/mol. The maximum atomic E-state index is 14.3. The van der Waals surface area contributed by atoms with Gasteiger partial charge in [0.15, 0.2) is 0 Å². The van der Waals surface area contributed by atoms with Crippen LogP contribution in [0.25, 0.3) is 11.3 Å². The number of aliphatic hydroxyl groups excluding tert-OH is 1. The first kappa shape index (κ1) is 22.3. The molecule has 0 radical (unpaired) electrons. The zero-order valence-corrected chi connectivity index (χ0v) is 17.6. The van der Waals surface area contributed by atoms with Gasteiger partial charge in [0, 0.05) is 37.2 Å². The van der Waals surface area contributed by atoms with Gasteiger partial charge < -0.3 is 15.3 Å². The highest BCUT2D eigenvalue weighted by atomic mass is 19.1. The second-order valence-electron chi connectivity index (χ2n) is 7.23. The first-order valence-electron chi connectivity index (χ1n) is 10.2. The summed E-state index contributed by atoms with van der Waals surface area (Å²) in [5, 5.41) is 12.5. The minimum atomic E-state index is -0.517. The van der Waals surface area contributed by atoms with Crippen molar-refractivity contribution in [3.63, 3.8) is 0 Å². The molecule has 31 heavy (non-hydrogen) atoms. The van der Waals surface area contributed by atoms with Crippen LogP contribution in [0.15, 0.2) is 55.1 Å². The van der Waals surface area contributed by atoms with Crippen LogP contribution in [0.4, 0.5) is 15.8 Å². The Balaban J connectivity index is 1.86. The number of nitrogens with one attached hydrogen (secondary N) is 1. The van der Waals surface area contributed by atoms with E-state index in [2.05, 4.69) is 32.1 Å². The Bertz CT molecular complexity index is 1010. The lowest BCUT2D eigenvalue weighted by molar-refractivity contribution is 0.102. The highest BCUT2D eigenvalue weighted by Gasteiger charge is 2.17. The molecule has 1 amide bonds. The van der Waals surface area contributed by atoms with Crippen molar-refractivity contribution in [2.75, 3.05) is 23.3 Å². The van der Waals surface area contributed by atoms with Crippen LogP contribution in [0.2, 0.25) is 0 Å². The van der Waals surface area contributed by atoms with E-state index in [-0.39, 0.29) is 11.4 Å². The SMILES string of the molecule is CCCN(CC[C@@H](C)O)c1ccncc1NC(=O)c1ccc(F)c(-c2ccncc2)n1. The van der Waals surface area contributed by atoms with Crippen LogP contribution in [0, 0.1) is 5.82 Å². The van der Waals surface area contributed by atoms with E-state index in [1.807, 2.05) is 6.07 Å². The van der Waals surface area contributed by atoms with E-state index in [1.54, 1.807) is 43.8 Å². The molecule has 0 fully saturated rings. The summed E-state index contributed by atoms with van der Waals surface area (Å²) < 4.78 is 14.3. The largest absolute Gasteiger partial charge is 0.393 e. The molecular formula is C23H26FN5O2. The molecule has 3 aromatic heterocycles. The van der Waals surface area contributed by atoms with Crippen LogP contribution in [0.5, 0.6) is 0 Å². The predicted octanol–water partition coefficient (Wildman–Crippen LogP) is 3.92. The Morgan fingerprint density at radius 2 is 1.87 bits per heavy atom. The summed E-state index contributed by atoms with van der Waals surface area (Å²) in [6, 6.07) is 7.68. The zero-order valence-electron chi connectivity index (χ0n) is 17.6. The summed E-state index contributed by atoms with van der Waals surface area (Å²) in [5.74, 6) is -0.978. The van der Waals surface area contributed by atoms with Gasteiger partial charge in [-0.2, -0.15) is 0 Å². The van der Waals surface area contributed by atoms with Gasteiger partial charge in [-0.3, -0.25) is 14.8 Å². The molecule has 0 spiro atoms. The van der Waals surface area contributed by atoms with Crippen molar-refractivity contribution in [1.82, 2.24) is 15.0 Å². The first-order chi connectivity index (χ1) is 15.0. The van der Waals surface area contributed by atoms with Crippen LogP contribution in [0.1, 0.15) is 37.2 Å². The number of halogens is 1. The third-order valence-corrected chi connectivity index (χ3v) is 4.73. The summed E-state index contributed by atoms with van der Waals surface area (Å²) in [5.41, 5.74) is 2.06. The van der Waals surface area contributed by atoms with Gasteiger partial charge in [-0.15, -0.1) is 0 Å². The topological polar surface area (TPSA) is 91.2 Å². The van der Waals surface area contributed by atoms with Crippen LogP contribution in [-0.2, 0) is 0 Å². The molecule has 3 aromatic rings. The molecule has 7 nitrogen and oxygen atoms in total. The molecule has 162 valence electrons. The summed E-state index contributed by atoms with van der Waals surface area (Å²) in [7, 11) is 0. The fourth-order valence-corrected chi connectivity index (χ4v) is 3.19. The molecule has 0 saturated heterocycles. The third-order valence-electron chi connectivity index (χ3n) is 4.73. The van der Waals surface area contributed by atoms with Gasteiger partial charge in [0.05, 0.1) is 23.7 Å². The number of amides is 1. The molecule has 2 N–H and O–H groups in total. The van der Waals surface area contributed by atoms with Crippen molar-refractivity contribution in [3.05, 3.63) is 66.6 Å². The maximum absolute atomic E-state index is 14.3. The van der Waals surface area contributed by atoms with Crippen LogP contribution in [0.3, 0.4) is 0 Å². The maximum Gasteiger partial charge on any atom is 0.274 e. The van der Waals surface area contributed by atoms with Crippen molar-refractivity contribution in [2.24, 2.45) is 0 Å². The standard InChI is InChI=1S/C23H26FN5O2/c1-3-13-29(14-9-16(2)30)21-8-12-26-15-20(21)28-23(31)19-5-4-18(24)22(27-19)17-6-10-25-11-7-17/h4-8,10-12,15-16,30H,3,9,13-14H2,1-2H3,(H,28,31)/t16-/m1/s1. The summed E-state index contributed by atoms with van der Waals surface area (Å²) in [6.07, 6.45) is 7.41. The summed E-state index contributed by atoms with van der Waals surface area (Å²) in [6.45, 7) is 5.22.